The Balaban J connectivity index is 0.000000648. The Morgan fingerprint density at radius 1 is 0.161 bits per heavy atom. The quantitative estimate of drug-likeness (QED) is 0.109. The zero-order valence-corrected chi connectivity index (χ0v) is 101. The van der Waals surface area contributed by atoms with Crippen molar-refractivity contribution >= 4 is 227 Å². The SMILES string of the molecule is CO[Si@@]1(C)O[Si](C)(C)O[Si@@](C)(O[Si](C)(C)C)O[Si@@](C)(O[Si](C)(C)C)O[Si](C)(C)O[Si@@](C)(OC)O1.CO[Si](C)(C)O[Si@@]1(C)O[Si@@](C)(OC)O[Si@@]2(C)O[Si@@](C)(OC)O[Si@@](C)(OC)O[Si@@](C)(OC)O[Si@@]3(C)O[Si@@](C)(O[Si](C)(OC)OC)O[Si@@](C)(OC)O[Si@]4(C)O[Si@@](C)(O[Si@@](C)(O[Si](C)(C)O[Si](C)(C)O[Si@](C)(OC)O4)O1)O[Si@@](C)(O2)O3. The molecule has 0 unspecified atom stereocenters. The van der Waals surface area contributed by atoms with E-state index in [1.165, 1.54) is 64.0 Å². The first-order valence-corrected chi connectivity index (χ1v) is 99.2. The monoisotopic (exact) mass is 2060 g/mol. The van der Waals surface area contributed by atoms with Crippen molar-refractivity contribution in [2.24, 2.45) is 0 Å². The fourth-order valence-corrected chi connectivity index (χ4v) is 132. The lowest BCUT2D eigenvalue weighted by atomic mass is 11.8. The molecule has 0 spiro atoms. The first-order chi connectivity index (χ1) is 49.7. The molecule has 5 aliphatic rings. The third-order valence-electron chi connectivity index (χ3n) is 15.7. The lowest BCUT2D eigenvalue weighted by Gasteiger charge is -2.53. The summed E-state index contributed by atoms with van der Waals surface area (Å²) < 4.78 is 270. The zero-order chi connectivity index (χ0) is 87.3. The number of fused-ring (bicyclic) bond motifs is 4. The maximum Gasteiger partial charge on any atom is 0.489 e. The highest BCUT2D eigenvalue weighted by molar-refractivity contribution is 7.00. The fourth-order valence-electron chi connectivity index (χ4n) is 13.0. The molecule has 18 atom stereocenters. The third-order valence-corrected chi connectivity index (χ3v) is 116. The van der Waals surface area contributed by atoms with Gasteiger partial charge >= 0.3 is 210 Å². The van der Waals surface area contributed by atoms with Gasteiger partial charge in [0.05, 0.1) is 0 Å². The molecule has 5 rings (SSSR count). The molecule has 5 fully saturated rings. The van der Waals surface area contributed by atoms with Crippen LogP contribution >= 0.6 is 0 Å². The molecule has 0 aromatic heterocycles. The Kier molecular flexibility index (Phi) is 36.2. The maximum absolute atomic E-state index is 7.54. The Hall–Kier alpha value is 4.04. The molecule has 0 saturated carbocycles. The normalized spacial score (nSPS) is 44.2. The van der Waals surface area contributed by atoms with Crippen molar-refractivity contribution in [2.45, 2.75) is 229 Å². The lowest BCUT2D eigenvalue weighted by molar-refractivity contribution is 0.0327. The van der Waals surface area contributed by atoms with Crippen LogP contribution in [-0.4, -0.2) is 305 Å². The van der Waals surface area contributed by atoms with Gasteiger partial charge in [-0.15, -0.1) is 0 Å². The van der Waals surface area contributed by atoms with Crippen LogP contribution in [0.1, 0.15) is 0 Å². The van der Waals surface area contributed by atoms with Crippen LogP contribution in [0.3, 0.4) is 0 Å². The van der Waals surface area contributed by atoms with Crippen molar-refractivity contribution in [3.05, 3.63) is 0 Å². The van der Waals surface area contributed by atoms with Crippen LogP contribution in [0.4, 0.5) is 0 Å². The Morgan fingerprint density at radius 3 is 0.580 bits per heavy atom. The van der Waals surface area contributed by atoms with E-state index in [4.69, 9.17) is 168 Å². The van der Waals surface area contributed by atoms with Gasteiger partial charge in [-0.3, -0.25) is 0 Å². The predicted molar refractivity (Wildman–Crippen MR) is 463 cm³/mol. The van der Waals surface area contributed by atoms with Crippen LogP contribution in [0.15, 0.2) is 0 Å². The van der Waals surface area contributed by atoms with Gasteiger partial charge in [0.15, 0.2) is 16.6 Å². The minimum atomic E-state index is -4.93. The summed E-state index contributed by atoms with van der Waals surface area (Å²) in [6.07, 6.45) is 0. The van der Waals surface area contributed by atoms with E-state index in [1.807, 2.05) is 91.7 Å². The molecule has 6 bridgehead atoms. The van der Waals surface area contributed by atoms with Crippen molar-refractivity contribution < 1.29 is 168 Å². The van der Waals surface area contributed by atoms with E-state index in [1.54, 1.807) is 112 Å². The fraction of sp³-hybridized carbons (Fsp3) is 1.00. The van der Waals surface area contributed by atoms with E-state index >= 15 is 0 Å². The van der Waals surface area contributed by atoms with Gasteiger partial charge in [0.2, 0.25) is 0 Å². The molecular weight excluding hydrogens is 1920 g/mol. The molecule has 0 amide bonds. The van der Waals surface area contributed by atoms with Crippen LogP contribution in [0.25, 0.3) is 0 Å². The smallest absolute Gasteiger partial charge is 0.417 e. The molecule has 40 nitrogen and oxygen atoms in total. The molecule has 5 heterocycles. The highest BCUT2D eigenvalue weighted by atomic mass is 28.6. The highest BCUT2D eigenvalue weighted by Crippen LogP contribution is 2.45. The number of rotatable bonds is 19. The van der Waals surface area contributed by atoms with E-state index in [9.17, 15) is 0 Å². The van der Waals surface area contributed by atoms with Gasteiger partial charge in [0.1, 0.15) is 0 Å². The van der Waals surface area contributed by atoms with Crippen molar-refractivity contribution in [3.8, 4) is 0 Å². The number of hydrogen-bond acceptors (Lipinski definition) is 40. The average Bonchev–Trinajstić information content (AvgIpc) is 0.733. The lowest BCUT2D eigenvalue weighted by Crippen LogP contribution is -2.78. The third kappa shape index (κ3) is 32.7. The van der Waals surface area contributed by atoms with Gasteiger partial charge in [-0.05, 0) is 105 Å². The Labute approximate surface area is 696 Å². The summed E-state index contributed by atoms with van der Waals surface area (Å²) in [5.41, 5.74) is 0. The standard InChI is InChI=1S/C30H90O30Si18.C16H48O10Si8/c1-31-61(10,11)41-71(23)48-69(21,38-8)52-75(27)49-67(19,36-6)45-66(18,35-5)46-68(20,37-7)50-76(28)56-73(25,44-64(16,32-2)33-3)51-70(22,39-9)53-74(26)47-65(17,34-4)42-62(12,13)40-63(14,15)43-72(24,54-71)55-77(29,57-74)60-78(30,58-75)59-76;1-17-31(13)21-29(9,10)23-33(15,19-27(3,4)5)26-34(16,20-28(6,7)8)24-30(11,12)22-32(14,18-2)25-31/h1-30H3;1-16H3/t65-,66+,67-,68+,69+,70+,71-,72-,73-,74+,75+,76-,77+,78-;31-,32+,33+,34-/m0./s1. The van der Waals surface area contributed by atoms with E-state index in [2.05, 4.69) is 39.3 Å². The first kappa shape index (κ1) is 108. The molecule has 0 aliphatic carbocycles. The summed E-state index contributed by atoms with van der Waals surface area (Å²) >= 11 is 0. The second kappa shape index (κ2) is 37.4. The van der Waals surface area contributed by atoms with Gasteiger partial charge in [-0.25, -0.2) is 0 Å². The minimum Gasteiger partial charge on any atom is -0.417 e. The van der Waals surface area contributed by atoms with Gasteiger partial charge in [-0.2, -0.15) is 0 Å². The van der Waals surface area contributed by atoms with Crippen LogP contribution in [0.2, 0.25) is 229 Å². The zero-order valence-electron chi connectivity index (χ0n) is 75.3. The molecule has 66 heteroatoms. The van der Waals surface area contributed by atoms with E-state index < -0.39 is 227 Å². The summed E-state index contributed by atoms with van der Waals surface area (Å²) in [7, 11) is -83.1. The molecule has 5 saturated heterocycles. The summed E-state index contributed by atoms with van der Waals surface area (Å²) in [6, 6.07) is 0. The van der Waals surface area contributed by atoms with Gasteiger partial charge < -0.3 is 168 Å². The van der Waals surface area contributed by atoms with Crippen molar-refractivity contribution in [1.82, 2.24) is 0 Å². The highest BCUT2D eigenvalue weighted by Gasteiger charge is 2.74. The maximum atomic E-state index is 7.54. The van der Waals surface area contributed by atoms with E-state index in [-0.39, 0.29) is 0 Å². The van der Waals surface area contributed by atoms with Crippen molar-refractivity contribution in [1.29, 1.82) is 0 Å². The molecule has 0 aromatic carbocycles. The molecule has 5 aliphatic heterocycles. The van der Waals surface area contributed by atoms with E-state index in [0.717, 1.165) is 0 Å². The Morgan fingerprint density at radius 2 is 0.330 bits per heavy atom. The van der Waals surface area contributed by atoms with Crippen LogP contribution in [-0.2, 0) is 168 Å². The largest absolute Gasteiger partial charge is 0.489 e. The first-order valence-electron chi connectivity index (χ1n) is 36.1. The summed E-state index contributed by atoms with van der Waals surface area (Å²) in [6.45, 7) is 63.0. The topological polar surface area (TPSA) is 369 Å². The van der Waals surface area contributed by atoms with E-state index in [0.29, 0.717) is 0 Å². The van der Waals surface area contributed by atoms with Gasteiger partial charge in [0.25, 0.3) is 0 Å². The van der Waals surface area contributed by atoms with Crippen LogP contribution in [0, 0.1) is 0 Å². The van der Waals surface area contributed by atoms with Crippen LogP contribution < -0.4 is 0 Å². The molecule has 0 aromatic rings. The van der Waals surface area contributed by atoms with Gasteiger partial charge in [-0.1, -0.05) is 0 Å². The second-order valence-corrected chi connectivity index (χ2v) is 116. The van der Waals surface area contributed by atoms with Gasteiger partial charge in [0, 0.05) is 203 Å². The predicted octanol–water partition coefficient (Wildman–Crippen LogP) is 9.62. The van der Waals surface area contributed by atoms with Crippen molar-refractivity contribution in [2.75, 3.05) is 78.2 Å². The number of hydrogen-bond donors (Lipinski definition) is 0. The Bertz CT molecular complexity index is 3060. The second-order valence-electron chi connectivity index (χ2n) is 32.8. The molecular formula is C46H138O40Si26. The molecule has 0 radical (unpaired) electrons. The summed E-state index contributed by atoms with van der Waals surface area (Å²) in [4.78, 5) is 0. The van der Waals surface area contributed by atoms with Crippen molar-refractivity contribution in [3.63, 3.8) is 0 Å². The molecule has 666 valence electrons. The summed E-state index contributed by atoms with van der Waals surface area (Å²) in [5.74, 6) is 0. The summed E-state index contributed by atoms with van der Waals surface area (Å²) in [5, 5.41) is 0. The minimum absolute atomic E-state index is 1.39. The van der Waals surface area contributed by atoms with Crippen LogP contribution in [0.5, 0.6) is 0 Å². The average molecular weight is 2060 g/mol. The molecule has 112 heavy (non-hydrogen) atoms. The molecule has 0 N–H and O–H groups in total.